The van der Waals surface area contributed by atoms with Crippen molar-refractivity contribution in [1.82, 2.24) is 10.2 Å². The number of Topliss-reactive ketones (excluding diaryl/α,β-unsaturated/α-hetero) is 1. The fourth-order valence-electron chi connectivity index (χ4n) is 4.60. The zero-order valence-corrected chi connectivity index (χ0v) is 18.3. The highest BCUT2D eigenvalue weighted by Gasteiger charge is 2.17. The number of carbonyl (C=O) groups is 2. The second-order valence-corrected chi connectivity index (χ2v) is 8.63. The van der Waals surface area contributed by atoms with Crippen LogP contribution in [0.15, 0.2) is 48.5 Å². The molecule has 1 saturated heterocycles. The summed E-state index contributed by atoms with van der Waals surface area (Å²) in [5.41, 5.74) is 4.72. The summed E-state index contributed by atoms with van der Waals surface area (Å²) in [5.74, 6) is 0.0459. The zero-order valence-electron chi connectivity index (χ0n) is 18.3. The van der Waals surface area contributed by atoms with Crippen LogP contribution in [0.4, 0.5) is 5.69 Å². The number of amides is 1. The smallest absolute Gasteiger partial charge is 0.220 e. The Morgan fingerprint density at radius 1 is 0.871 bits per heavy atom. The van der Waals surface area contributed by atoms with Crippen molar-refractivity contribution in [3.63, 3.8) is 0 Å². The van der Waals surface area contributed by atoms with Crippen LogP contribution in [0.25, 0.3) is 0 Å². The minimum absolute atomic E-state index is 0.0246. The molecule has 1 fully saturated rings. The molecule has 5 nitrogen and oxygen atoms in total. The molecule has 2 aliphatic rings. The summed E-state index contributed by atoms with van der Waals surface area (Å²) in [5, 5.41) is 2.98. The molecule has 4 rings (SSSR count). The van der Waals surface area contributed by atoms with Crippen LogP contribution in [0, 0.1) is 0 Å². The van der Waals surface area contributed by atoms with Gasteiger partial charge in [0.2, 0.25) is 5.91 Å². The Morgan fingerprint density at radius 2 is 1.65 bits per heavy atom. The lowest BCUT2D eigenvalue weighted by molar-refractivity contribution is -0.121. The lowest BCUT2D eigenvalue weighted by Gasteiger charge is -2.36. The van der Waals surface area contributed by atoms with Crippen LogP contribution in [-0.2, 0) is 17.6 Å². The van der Waals surface area contributed by atoms with Gasteiger partial charge in [0.25, 0.3) is 0 Å². The van der Waals surface area contributed by atoms with Crippen molar-refractivity contribution in [3.8, 4) is 0 Å². The molecule has 0 atom stereocenters. The molecule has 0 aromatic heterocycles. The van der Waals surface area contributed by atoms with Crippen molar-refractivity contribution in [2.45, 2.75) is 38.5 Å². The third-order valence-electron chi connectivity index (χ3n) is 6.47. The van der Waals surface area contributed by atoms with Crippen molar-refractivity contribution in [1.29, 1.82) is 0 Å². The monoisotopic (exact) mass is 419 g/mol. The first kappa shape index (κ1) is 21.6. The zero-order chi connectivity index (χ0) is 21.5. The molecule has 0 saturated carbocycles. The van der Waals surface area contributed by atoms with Crippen molar-refractivity contribution >= 4 is 17.4 Å². The average molecular weight is 420 g/mol. The van der Waals surface area contributed by atoms with Gasteiger partial charge in [-0.3, -0.25) is 14.5 Å². The van der Waals surface area contributed by atoms with Crippen LogP contribution in [0.2, 0.25) is 0 Å². The number of benzene rings is 2. The van der Waals surface area contributed by atoms with Crippen LogP contribution in [0.5, 0.6) is 0 Å². The summed E-state index contributed by atoms with van der Waals surface area (Å²) >= 11 is 0. The Kier molecular flexibility index (Phi) is 7.36. The number of fused-ring (bicyclic) bond motifs is 1. The van der Waals surface area contributed by atoms with Gasteiger partial charge in [-0.2, -0.15) is 0 Å². The highest BCUT2D eigenvalue weighted by atomic mass is 16.2. The Morgan fingerprint density at radius 3 is 2.45 bits per heavy atom. The summed E-state index contributed by atoms with van der Waals surface area (Å²) in [4.78, 5) is 29.4. The quantitative estimate of drug-likeness (QED) is 0.500. The van der Waals surface area contributed by atoms with Gasteiger partial charge in [-0.05, 0) is 61.6 Å². The number of carbonyl (C=O) groups excluding carboxylic acids is 2. The molecule has 5 heteroatoms. The van der Waals surface area contributed by atoms with E-state index in [1.807, 2.05) is 12.1 Å². The average Bonchev–Trinajstić information content (AvgIpc) is 3.29. The molecule has 31 heavy (non-hydrogen) atoms. The fraction of sp³-hybridized carbons (Fsp3) is 0.462. The summed E-state index contributed by atoms with van der Waals surface area (Å²) in [7, 11) is 0. The van der Waals surface area contributed by atoms with E-state index >= 15 is 0 Å². The first-order valence-electron chi connectivity index (χ1n) is 11.6. The molecule has 0 bridgehead atoms. The number of hydrogen-bond acceptors (Lipinski definition) is 4. The predicted octanol–water partition coefficient (Wildman–Crippen LogP) is 3.47. The number of anilines is 1. The maximum atomic E-state index is 12.4. The maximum Gasteiger partial charge on any atom is 0.220 e. The highest BCUT2D eigenvalue weighted by molar-refractivity contribution is 5.98. The van der Waals surface area contributed by atoms with Gasteiger partial charge in [-0.25, -0.2) is 0 Å². The molecule has 1 N–H and O–H groups in total. The number of hydrogen-bond donors (Lipinski definition) is 1. The van der Waals surface area contributed by atoms with E-state index in [0.717, 1.165) is 57.5 Å². The molecule has 1 aliphatic carbocycles. The lowest BCUT2D eigenvalue weighted by atomic mass is 10.0. The number of nitrogens with zero attached hydrogens (tertiary/aromatic N) is 2. The normalized spacial score (nSPS) is 16.2. The molecule has 2 aromatic carbocycles. The predicted molar refractivity (Wildman–Crippen MR) is 125 cm³/mol. The molecule has 164 valence electrons. The topological polar surface area (TPSA) is 52.7 Å². The summed E-state index contributed by atoms with van der Waals surface area (Å²) in [6.45, 7) is 5.86. The van der Waals surface area contributed by atoms with Crippen LogP contribution in [0.3, 0.4) is 0 Å². The largest absolute Gasteiger partial charge is 0.369 e. The van der Waals surface area contributed by atoms with Crippen molar-refractivity contribution in [3.05, 3.63) is 65.2 Å². The van der Waals surface area contributed by atoms with Crippen molar-refractivity contribution < 1.29 is 9.59 Å². The highest BCUT2D eigenvalue weighted by Crippen LogP contribution is 2.23. The molecule has 0 spiro atoms. The van der Waals surface area contributed by atoms with Crippen LogP contribution < -0.4 is 10.2 Å². The van der Waals surface area contributed by atoms with Gasteiger partial charge in [0, 0.05) is 56.8 Å². The fourth-order valence-corrected chi connectivity index (χ4v) is 4.60. The van der Waals surface area contributed by atoms with Gasteiger partial charge in [0.05, 0.1) is 0 Å². The molecular weight excluding hydrogens is 386 g/mol. The number of nitrogens with one attached hydrogen (secondary N) is 1. The second-order valence-electron chi connectivity index (χ2n) is 8.63. The van der Waals surface area contributed by atoms with E-state index < -0.39 is 0 Å². The number of rotatable bonds is 9. The number of piperazine rings is 1. The Balaban J connectivity index is 1.09. The van der Waals surface area contributed by atoms with E-state index in [9.17, 15) is 9.59 Å². The lowest BCUT2D eigenvalue weighted by Crippen LogP contribution is -2.47. The van der Waals surface area contributed by atoms with E-state index in [1.54, 1.807) is 0 Å². The second kappa shape index (κ2) is 10.6. The van der Waals surface area contributed by atoms with Gasteiger partial charge in [-0.15, -0.1) is 0 Å². The Labute approximate surface area is 185 Å². The van der Waals surface area contributed by atoms with Gasteiger partial charge in [-0.1, -0.05) is 30.3 Å². The van der Waals surface area contributed by atoms with Gasteiger partial charge in [0.1, 0.15) is 0 Å². The molecule has 0 radical (unpaired) electrons. The maximum absolute atomic E-state index is 12.4. The molecular formula is C26H33N3O2. The SMILES string of the molecule is O=C(CCC(=O)c1ccc2c(c1)CCC2)NCCCN1CCN(c2ccccc2)CC1. The van der Waals surface area contributed by atoms with Crippen molar-refractivity contribution in [2.75, 3.05) is 44.2 Å². The molecule has 1 heterocycles. The number of aryl methyl sites for hydroxylation is 2. The first-order valence-corrected chi connectivity index (χ1v) is 11.6. The summed E-state index contributed by atoms with van der Waals surface area (Å²) < 4.78 is 0. The molecule has 0 unspecified atom stereocenters. The van der Waals surface area contributed by atoms with Crippen molar-refractivity contribution in [2.24, 2.45) is 0 Å². The van der Waals surface area contributed by atoms with Crippen LogP contribution >= 0.6 is 0 Å². The number of para-hydroxylation sites is 1. The summed E-state index contributed by atoms with van der Waals surface area (Å²) in [6.07, 6.45) is 4.86. The van der Waals surface area contributed by atoms with Crippen LogP contribution in [-0.4, -0.2) is 55.9 Å². The third kappa shape index (κ3) is 5.95. The number of ketones is 1. The van der Waals surface area contributed by atoms with Gasteiger partial charge < -0.3 is 10.2 Å². The van der Waals surface area contributed by atoms with E-state index in [0.29, 0.717) is 6.54 Å². The van der Waals surface area contributed by atoms with E-state index in [1.165, 1.54) is 23.2 Å². The molecule has 1 amide bonds. The van der Waals surface area contributed by atoms with Crippen LogP contribution in [0.1, 0.15) is 47.2 Å². The standard InChI is InChI=1S/C26H33N3O2/c30-25(23-11-10-21-6-4-7-22(21)20-23)12-13-26(31)27-14-5-15-28-16-18-29(19-17-28)24-8-2-1-3-9-24/h1-3,8-11,20H,4-7,12-19H2,(H,27,31). The molecule has 1 aliphatic heterocycles. The third-order valence-corrected chi connectivity index (χ3v) is 6.47. The molecule has 2 aromatic rings. The van der Waals surface area contributed by atoms with E-state index in [2.05, 4.69) is 51.5 Å². The summed E-state index contributed by atoms with van der Waals surface area (Å²) in [6, 6.07) is 16.6. The Bertz CT molecular complexity index is 889. The van der Waals surface area contributed by atoms with Gasteiger partial charge in [0.15, 0.2) is 5.78 Å². The first-order chi connectivity index (χ1) is 15.2. The minimum Gasteiger partial charge on any atom is -0.369 e. The van der Waals surface area contributed by atoms with E-state index in [-0.39, 0.29) is 24.5 Å². The van der Waals surface area contributed by atoms with E-state index in [4.69, 9.17) is 0 Å². The minimum atomic E-state index is -0.0246. The Hall–Kier alpha value is -2.66. The van der Waals surface area contributed by atoms with Gasteiger partial charge >= 0.3 is 0 Å².